The van der Waals surface area contributed by atoms with Gasteiger partial charge in [-0.15, -0.1) is 0 Å². The van der Waals surface area contributed by atoms with Gasteiger partial charge in [0.1, 0.15) is 0 Å². The zero-order valence-electron chi connectivity index (χ0n) is 13.6. The molecular weight excluding hydrogens is 310 g/mol. The van der Waals surface area contributed by atoms with E-state index in [2.05, 4.69) is 10.6 Å². The lowest BCUT2D eigenvalue weighted by Crippen LogP contribution is -2.44. The van der Waals surface area contributed by atoms with E-state index in [-0.39, 0.29) is 35.3 Å². The molecule has 2 fully saturated rings. The summed E-state index contributed by atoms with van der Waals surface area (Å²) in [6.45, 7) is 2.07. The maximum absolute atomic E-state index is 12.1. The van der Waals surface area contributed by atoms with Crippen LogP contribution in [-0.4, -0.2) is 48.8 Å². The monoisotopic (exact) mass is 333 g/mol. The van der Waals surface area contributed by atoms with Crippen LogP contribution < -0.4 is 10.6 Å². The Morgan fingerprint density at radius 1 is 1.04 bits per heavy atom. The second-order valence-corrected chi connectivity index (χ2v) is 6.40. The molecule has 7 nitrogen and oxygen atoms in total. The highest BCUT2D eigenvalue weighted by molar-refractivity contribution is 5.91. The van der Waals surface area contributed by atoms with Crippen LogP contribution in [0.2, 0.25) is 0 Å². The first kappa shape index (κ1) is 16.5. The number of amides is 3. The Morgan fingerprint density at radius 2 is 1.75 bits per heavy atom. The molecule has 0 spiro atoms. The Hall–Kier alpha value is -2.31. The quantitative estimate of drug-likeness (QED) is 0.753. The van der Waals surface area contributed by atoms with Crippen molar-refractivity contribution in [3.63, 3.8) is 0 Å². The Balaban J connectivity index is 1.31. The summed E-state index contributed by atoms with van der Waals surface area (Å²) >= 11 is 0. The molecule has 1 aromatic rings. The number of furan rings is 1. The van der Waals surface area contributed by atoms with E-state index in [1.165, 1.54) is 6.26 Å². The van der Waals surface area contributed by atoms with E-state index in [0.717, 1.165) is 12.8 Å². The summed E-state index contributed by atoms with van der Waals surface area (Å²) in [5.74, 6) is 0.424. The number of nitrogens with one attached hydrogen (secondary N) is 2. The number of hydrogen-bond donors (Lipinski definition) is 2. The number of nitrogens with zero attached hydrogens (tertiary/aromatic N) is 1. The van der Waals surface area contributed by atoms with E-state index in [4.69, 9.17) is 4.42 Å². The van der Waals surface area contributed by atoms with Crippen molar-refractivity contribution >= 4 is 17.7 Å². The van der Waals surface area contributed by atoms with E-state index in [1.54, 1.807) is 12.1 Å². The molecule has 24 heavy (non-hydrogen) atoms. The van der Waals surface area contributed by atoms with E-state index < -0.39 is 0 Å². The molecule has 0 aromatic carbocycles. The number of piperidine rings is 1. The predicted molar refractivity (Wildman–Crippen MR) is 86.1 cm³/mol. The minimum atomic E-state index is -0.291. The van der Waals surface area contributed by atoms with Crippen LogP contribution in [0.15, 0.2) is 22.8 Å². The summed E-state index contributed by atoms with van der Waals surface area (Å²) in [4.78, 5) is 37.7. The fourth-order valence-corrected chi connectivity index (χ4v) is 2.95. The largest absolute Gasteiger partial charge is 0.459 e. The Kier molecular flexibility index (Phi) is 5.17. The number of likely N-dealkylation sites (tertiary alicyclic amines) is 1. The van der Waals surface area contributed by atoms with Gasteiger partial charge >= 0.3 is 0 Å². The van der Waals surface area contributed by atoms with Gasteiger partial charge in [0, 0.05) is 38.0 Å². The maximum Gasteiger partial charge on any atom is 0.287 e. The van der Waals surface area contributed by atoms with Crippen molar-refractivity contribution in [1.82, 2.24) is 15.5 Å². The van der Waals surface area contributed by atoms with Crippen molar-refractivity contribution in [3.8, 4) is 0 Å². The lowest BCUT2D eigenvalue weighted by atomic mass is 9.95. The Morgan fingerprint density at radius 3 is 2.38 bits per heavy atom. The fraction of sp³-hybridized carbons (Fsp3) is 0.588. The topological polar surface area (TPSA) is 91.7 Å². The minimum absolute atomic E-state index is 0.000712. The van der Waals surface area contributed by atoms with Gasteiger partial charge in [0.2, 0.25) is 11.8 Å². The third-order valence-electron chi connectivity index (χ3n) is 4.56. The molecule has 1 aliphatic carbocycles. The van der Waals surface area contributed by atoms with E-state index in [9.17, 15) is 14.4 Å². The average Bonchev–Trinajstić information content (AvgIpc) is 3.31. The molecule has 3 rings (SSSR count). The van der Waals surface area contributed by atoms with Crippen molar-refractivity contribution in [2.45, 2.75) is 25.7 Å². The van der Waals surface area contributed by atoms with Gasteiger partial charge in [-0.25, -0.2) is 0 Å². The molecule has 2 aliphatic rings. The van der Waals surface area contributed by atoms with E-state index in [0.29, 0.717) is 39.0 Å². The summed E-state index contributed by atoms with van der Waals surface area (Å²) in [5.41, 5.74) is 0. The maximum atomic E-state index is 12.1. The Labute approximate surface area is 140 Å². The zero-order chi connectivity index (χ0) is 16.9. The lowest BCUT2D eigenvalue weighted by Gasteiger charge is -2.31. The van der Waals surface area contributed by atoms with Crippen LogP contribution in [0.3, 0.4) is 0 Å². The molecule has 3 amide bonds. The number of carbonyl (C=O) groups is 3. The first-order valence-corrected chi connectivity index (χ1v) is 8.53. The minimum Gasteiger partial charge on any atom is -0.459 e. The second kappa shape index (κ2) is 7.51. The average molecular weight is 333 g/mol. The molecule has 130 valence electrons. The molecule has 2 heterocycles. The van der Waals surface area contributed by atoms with Crippen LogP contribution in [0.1, 0.15) is 36.2 Å². The molecule has 0 radical (unpaired) electrons. The SMILES string of the molecule is O=C(NCCNC(=O)C1CCN(C(=O)C2CC2)CC1)c1ccco1. The lowest BCUT2D eigenvalue weighted by molar-refractivity contribution is -0.136. The molecule has 7 heteroatoms. The van der Waals surface area contributed by atoms with E-state index in [1.807, 2.05) is 4.90 Å². The molecular formula is C17H23N3O4. The van der Waals surface area contributed by atoms with Crippen LogP contribution in [-0.2, 0) is 9.59 Å². The Bertz CT molecular complexity index is 587. The highest BCUT2D eigenvalue weighted by atomic mass is 16.3. The molecule has 0 atom stereocenters. The van der Waals surface area contributed by atoms with Crippen LogP contribution >= 0.6 is 0 Å². The molecule has 1 saturated heterocycles. The van der Waals surface area contributed by atoms with Gasteiger partial charge in [-0.3, -0.25) is 14.4 Å². The van der Waals surface area contributed by atoms with Crippen LogP contribution in [0.4, 0.5) is 0 Å². The summed E-state index contributed by atoms with van der Waals surface area (Å²) in [6.07, 6.45) is 4.90. The summed E-state index contributed by atoms with van der Waals surface area (Å²) in [6, 6.07) is 3.24. The molecule has 0 unspecified atom stereocenters. The van der Waals surface area contributed by atoms with Crippen molar-refractivity contribution in [1.29, 1.82) is 0 Å². The van der Waals surface area contributed by atoms with Gasteiger partial charge < -0.3 is 20.0 Å². The zero-order valence-corrected chi connectivity index (χ0v) is 13.6. The number of carbonyl (C=O) groups excluding carboxylic acids is 3. The smallest absolute Gasteiger partial charge is 0.287 e. The van der Waals surface area contributed by atoms with Gasteiger partial charge in [-0.2, -0.15) is 0 Å². The van der Waals surface area contributed by atoms with Gasteiger partial charge in [-0.05, 0) is 37.8 Å². The van der Waals surface area contributed by atoms with E-state index >= 15 is 0 Å². The van der Waals surface area contributed by atoms with Crippen molar-refractivity contribution in [2.24, 2.45) is 11.8 Å². The van der Waals surface area contributed by atoms with Crippen LogP contribution in [0.5, 0.6) is 0 Å². The standard InChI is InChI=1S/C17H23N3O4/c21-15(18-7-8-19-16(22)14-2-1-11-24-14)12-5-9-20(10-6-12)17(23)13-3-4-13/h1-2,11-13H,3-10H2,(H,18,21)(H,19,22). The first-order chi connectivity index (χ1) is 11.6. The van der Waals surface area contributed by atoms with Gasteiger partial charge in [0.25, 0.3) is 5.91 Å². The number of rotatable bonds is 6. The molecule has 1 aromatic heterocycles. The van der Waals surface area contributed by atoms with Crippen LogP contribution in [0.25, 0.3) is 0 Å². The van der Waals surface area contributed by atoms with Gasteiger partial charge in [-0.1, -0.05) is 0 Å². The summed E-state index contributed by atoms with van der Waals surface area (Å²) in [7, 11) is 0. The highest BCUT2D eigenvalue weighted by Crippen LogP contribution is 2.32. The highest BCUT2D eigenvalue weighted by Gasteiger charge is 2.35. The third-order valence-corrected chi connectivity index (χ3v) is 4.56. The second-order valence-electron chi connectivity index (χ2n) is 6.40. The summed E-state index contributed by atoms with van der Waals surface area (Å²) < 4.78 is 4.99. The van der Waals surface area contributed by atoms with Gasteiger partial charge in [0.15, 0.2) is 5.76 Å². The van der Waals surface area contributed by atoms with Crippen LogP contribution in [0, 0.1) is 11.8 Å². The van der Waals surface area contributed by atoms with Crippen molar-refractivity contribution < 1.29 is 18.8 Å². The van der Waals surface area contributed by atoms with Crippen molar-refractivity contribution in [2.75, 3.05) is 26.2 Å². The number of hydrogen-bond acceptors (Lipinski definition) is 4. The van der Waals surface area contributed by atoms with Crippen molar-refractivity contribution in [3.05, 3.63) is 24.2 Å². The predicted octanol–water partition coefficient (Wildman–Crippen LogP) is 0.774. The third kappa shape index (κ3) is 4.15. The van der Waals surface area contributed by atoms with Gasteiger partial charge in [0.05, 0.1) is 6.26 Å². The summed E-state index contributed by atoms with van der Waals surface area (Å²) in [5, 5.41) is 5.53. The fourth-order valence-electron chi connectivity index (χ4n) is 2.95. The molecule has 0 bridgehead atoms. The normalized spacial score (nSPS) is 18.2. The molecule has 2 N–H and O–H groups in total. The molecule has 1 saturated carbocycles. The first-order valence-electron chi connectivity index (χ1n) is 8.53. The molecule has 1 aliphatic heterocycles.